The lowest BCUT2D eigenvalue weighted by Crippen LogP contribution is -2.64. The second-order valence-corrected chi connectivity index (χ2v) is 7.53. The molecule has 0 saturated carbocycles. The molecule has 0 aliphatic carbocycles. The summed E-state index contributed by atoms with van der Waals surface area (Å²) in [5, 5.41) is 19.5. The molecule has 0 radical (unpaired) electrons. The van der Waals surface area contributed by atoms with Gasteiger partial charge in [-0.15, -0.1) is 11.8 Å². The third-order valence-corrected chi connectivity index (χ3v) is 5.36. The smallest absolute Gasteiger partial charge is 0.433 e. The Hall–Kier alpha value is -2.36. The zero-order valence-corrected chi connectivity index (χ0v) is 13.0. The molecule has 0 spiro atoms. The van der Waals surface area contributed by atoms with Gasteiger partial charge in [0.1, 0.15) is 16.3 Å². The average molecular weight is 339 g/mol. The fourth-order valence-electron chi connectivity index (χ4n) is 2.79. The SMILES string of the molecule is CC1(C)S[C@@H]2[C@H](N=Cc3ccc([N+](=O)[O-])o3)C(=O)N2[C@H]1C(=O)O. The number of carbonyl (C=O) groups excluding carboxylic acids is 1. The predicted molar refractivity (Wildman–Crippen MR) is 80.5 cm³/mol. The summed E-state index contributed by atoms with van der Waals surface area (Å²) >= 11 is 1.38. The molecule has 3 heterocycles. The van der Waals surface area contributed by atoms with Crippen LogP contribution >= 0.6 is 11.8 Å². The summed E-state index contributed by atoms with van der Waals surface area (Å²) in [6.45, 7) is 3.55. The van der Waals surface area contributed by atoms with Gasteiger partial charge in [0.2, 0.25) is 0 Å². The highest BCUT2D eigenvalue weighted by Crippen LogP contribution is 2.51. The van der Waals surface area contributed by atoms with Crippen LogP contribution in [-0.2, 0) is 9.59 Å². The molecule has 2 fully saturated rings. The number of furan rings is 1. The van der Waals surface area contributed by atoms with Gasteiger partial charge in [-0.25, -0.2) is 4.79 Å². The van der Waals surface area contributed by atoms with Crippen LogP contribution in [0.1, 0.15) is 19.6 Å². The van der Waals surface area contributed by atoms with Crippen LogP contribution in [0, 0.1) is 10.1 Å². The number of aliphatic carboxylic acids is 1. The number of amides is 1. The molecular formula is C13H13N3O6S. The maximum atomic E-state index is 12.2. The lowest BCUT2D eigenvalue weighted by atomic mass is 9.96. The van der Waals surface area contributed by atoms with Gasteiger partial charge in [0, 0.05) is 4.75 Å². The second kappa shape index (κ2) is 5.08. The van der Waals surface area contributed by atoms with Gasteiger partial charge in [0.15, 0.2) is 11.8 Å². The summed E-state index contributed by atoms with van der Waals surface area (Å²) in [5.41, 5.74) is 0. The van der Waals surface area contributed by atoms with Crippen molar-refractivity contribution in [1.82, 2.24) is 4.90 Å². The van der Waals surface area contributed by atoms with Crippen LogP contribution in [0.2, 0.25) is 0 Å². The van der Waals surface area contributed by atoms with Crippen LogP contribution < -0.4 is 0 Å². The van der Waals surface area contributed by atoms with Crippen molar-refractivity contribution in [3.63, 3.8) is 0 Å². The quantitative estimate of drug-likeness (QED) is 0.377. The Balaban J connectivity index is 1.76. The van der Waals surface area contributed by atoms with Gasteiger partial charge >= 0.3 is 11.9 Å². The third-order valence-electron chi connectivity index (χ3n) is 3.80. The van der Waals surface area contributed by atoms with Crippen LogP contribution in [0.25, 0.3) is 0 Å². The molecule has 0 unspecified atom stereocenters. The minimum atomic E-state index is -1.04. The van der Waals surface area contributed by atoms with E-state index >= 15 is 0 Å². The van der Waals surface area contributed by atoms with E-state index in [-0.39, 0.29) is 17.0 Å². The molecule has 3 atom stereocenters. The number of thioether (sulfide) groups is 1. The van der Waals surface area contributed by atoms with Gasteiger partial charge in [0.05, 0.1) is 12.3 Å². The standard InChI is InChI=1S/C13H13N3O6S/c1-13(2)9(12(18)19)15-10(17)8(11(15)23-13)14-5-6-3-4-7(22-6)16(20)21/h3-5,8-9,11H,1-2H3,(H,18,19)/t8-,9+,11-/m1/s1. The zero-order chi connectivity index (χ0) is 16.9. The van der Waals surface area contributed by atoms with Crippen LogP contribution in [0.4, 0.5) is 5.88 Å². The lowest BCUT2D eigenvalue weighted by molar-refractivity contribution is -0.402. The van der Waals surface area contributed by atoms with Gasteiger partial charge in [-0.1, -0.05) is 0 Å². The molecule has 1 amide bonds. The van der Waals surface area contributed by atoms with Crippen molar-refractivity contribution in [3.8, 4) is 0 Å². The molecule has 23 heavy (non-hydrogen) atoms. The maximum Gasteiger partial charge on any atom is 0.433 e. The van der Waals surface area contributed by atoms with Crippen LogP contribution in [-0.4, -0.2) is 55.2 Å². The van der Waals surface area contributed by atoms with Gasteiger partial charge in [0.25, 0.3) is 5.91 Å². The number of fused-ring (bicyclic) bond motifs is 1. The van der Waals surface area contributed by atoms with E-state index in [2.05, 4.69) is 4.99 Å². The van der Waals surface area contributed by atoms with Crippen molar-refractivity contribution in [3.05, 3.63) is 28.0 Å². The third kappa shape index (κ3) is 2.38. The van der Waals surface area contributed by atoms with E-state index in [9.17, 15) is 24.8 Å². The van der Waals surface area contributed by atoms with E-state index in [4.69, 9.17) is 4.42 Å². The van der Waals surface area contributed by atoms with E-state index in [0.29, 0.717) is 0 Å². The molecule has 10 heteroatoms. The van der Waals surface area contributed by atoms with Crippen LogP contribution in [0.3, 0.4) is 0 Å². The molecule has 3 rings (SSSR count). The summed E-state index contributed by atoms with van der Waals surface area (Å²) in [4.78, 5) is 38.9. The van der Waals surface area contributed by atoms with E-state index in [1.807, 2.05) is 0 Å². The summed E-state index contributed by atoms with van der Waals surface area (Å²) in [5.74, 6) is -1.64. The zero-order valence-electron chi connectivity index (χ0n) is 12.2. The Labute approximate surface area is 134 Å². The molecule has 2 saturated heterocycles. The maximum absolute atomic E-state index is 12.2. The summed E-state index contributed by atoms with van der Waals surface area (Å²) in [7, 11) is 0. The number of nitrogens with zero attached hydrogens (tertiary/aromatic N) is 3. The first-order valence-corrected chi connectivity index (χ1v) is 7.60. The largest absolute Gasteiger partial charge is 0.480 e. The average Bonchev–Trinajstić information content (AvgIpc) is 3.00. The monoisotopic (exact) mass is 339 g/mol. The van der Waals surface area contributed by atoms with E-state index in [1.54, 1.807) is 13.8 Å². The van der Waals surface area contributed by atoms with Gasteiger partial charge in [-0.3, -0.25) is 19.9 Å². The number of carbonyl (C=O) groups is 2. The number of nitro groups is 1. The molecule has 2 aliphatic heterocycles. The highest BCUT2D eigenvalue weighted by Gasteiger charge is 2.63. The molecule has 2 aliphatic rings. The number of hydrogen-bond acceptors (Lipinski definition) is 7. The van der Waals surface area contributed by atoms with Crippen molar-refractivity contribution in [1.29, 1.82) is 0 Å². The molecule has 1 aromatic rings. The van der Waals surface area contributed by atoms with Gasteiger partial charge < -0.3 is 14.4 Å². The molecule has 0 aromatic carbocycles. The molecule has 1 N–H and O–H groups in total. The number of aliphatic imine (C=N–C) groups is 1. The first-order valence-electron chi connectivity index (χ1n) is 6.72. The van der Waals surface area contributed by atoms with Crippen molar-refractivity contribution in [2.75, 3.05) is 0 Å². The Bertz CT molecular complexity index is 727. The van der Waals surface area contributed by atoms with E-state index in [1.165, 1.54) is 35.0 Å². The Kier molecular flexibility index (Phi) is 3.43. The Morgan fingerprint density at radius 2 is 2.26 bits per heavy atom. The van der Waals surface area contributed by atoms with Crippen molar-refractivity contribution in [2.24, 2.45) is 4.99 Å². The molecule has 1 aromatic heterocycles. The molecular weight excluding hydrogens is 326 g/mol. The lowest BCUT2D eigenvalue weighted by Gasteiger charge is -2.41. The fourth-order valence-corrected chi connectivity index (χ4v) is 4.41. The number of β-lactam (4-membered cyclic amide) rings is 1. The normalized spacial score (nSPS) is 28.7. The number of carboxylic acids is 1. The molecule has 122 valence electrons. The Morgan fingerprint density at radius 3 is 2.83 bits per heavy atom. The van der Waals surface area contributed by atoms with Gasteiger partial charge in [-0.2, -0.15) is 0 Å². The highest BCUT2D eigenvalue weighted by atomic mass is 32.2. The first-order chi connectivity index (χ1) is 10.7. The minimum absolute atomic E-state index is 0.167. The Morgan fingerprint density at radius 1 is 1.57 bits per heavy atom. The van der Waals surface area contributed by atoms with Crippen molar-refractivity contribution >= 4 is 35.7 Å². The van der Waals surface area contributed by atoms with Crippen LogP contribution in [0.5, 0.6) is 0 Å². The molecule has 9 nitrogen and oxygen atoms in total. The summed E-state index contributed by atoms with van der Waals surface area (Å²) in [6, 6.07) is 0.993. The number of hydrogen-bond donors (Lipinski definition) is 1. The highest BCUT2D eigenvalue weighted by molar-refractivity contribution is 8.01. The second-order valence-electron chi connectivity index (χ2n) is 5.75. The fraction of sp³-hybridized carbons (Fsp3) is 0.462. The van der Waals surface area contributed by atoms with E-state index in [0.717, 1.165) is 0 Å². The topological polar surface area (TPSA) is 126 Å². The summed E-state index contributed by atoms with van der Waals surface area (Å²) < 4.78 is 4.33. The summed E-state index contributed by atoms with van der Waals surface area (Å²) in [6.07, 6.45) is 1.26. The molecule has 0 bridgehead atoms. The van der Waals surface area contributed by atoms with Gasteiger partial charge in [-0.05, 0) is 19.9 Å². The number of rotatable bonds is 4. The van der Waals surface area contributed by atoms with Crippen molar-refractivity contribution in [2.45, 2.75) is 36.1 Å². The number of carboxylic acid groups (broad SMARTS) is 1. The van der Waals surface area contributed by atoms with Crippen LogP contribution in [0.15, 0.2) is 21.5 Å². The first kappa shape index (κ1) is 15.5. The predicted octanol–water partition coefficient (Wildman–Crippen LogP) is 1.12. The van der Waals surface area contributed by atoms with E-state index < -0.39 is 33.6 Å². The van der Waals surface area contributed by atoms with Crippen molar-refractivity contribution < 1.29 is 24.0 Å². The minimum Gasteiger partial charge on any atom is -0.480 e.